The highest BCUT2D eigenvalue weighted by Gasteiger charge is 2.13. The van der Waals surface area contributed by atoms with Crippen molar-refractivity contribution in [2.24, 2.45) is 0 Å². The number of anilines is 2. The molecule has 0 aliphatic heterocycles. The molecule has 2 rings (SSSR count). The van der Waals surface area contributed by atoms with Crippen LogP contribution >= 0.6 is 0 Å². The van der Waals surface area contributed by atoms with Crippen molar-refractivity contribution in [2.45, 2.75) is 26.2 Å². The lowest BCUT2D eigenvalue weighted by Crippen LogP contribution is -2.10. The highest BCUT2D eigenvalue weighted by molar-refractivity contribution is 5.74. The van der Waals surface area contributed by atoms with Crippen LogP contribution in [-0.2, 0) is 5.41 Å². The SMILES string of the molecule is CC(C)(C)c1ccc(-c2ccc(N)c(N)c2)cc1. The molecule has 0 amide bonds. The molecular formula is C16H20N2. The summed E-state index contributed by atoms with van der Waals surface area (Å²) in [6.07, 6.45) is 0. The quantitative estimate of drug-likeness (QED) is 0.745. The summed E-state index contributed by atoms with van der Waals surface area (Å²) in [5.74, 6) is 0. The Bertz CT molecular complexity index is 548. The summed E-state index contributed by atoms with van der Waals surface area (Å²) in [6.45, 7) is 6.63. The Kier molecular flexibility index (Phi) is 3.04. The van der Waals surface area contributed by atoms with Crippen molar-refractivity contribution in [1.29, 1.82) is 0 Å². The van der Waals surface area contributed by atoms with Crippen molar-refractivity contribution in [3.05, 3.63) is 48.0 Å². The molecule has 0 heterocycles. The fraction of sp³-hybridized carbons (Fsp3) is 0.250. The summed E-state index contributed by atoms with van der Waals surface area (Å²) in [4.78, 5) is 0. The van der Waals surface area contributed by atoms with E-state index in [1.54, 1.807) is 0 Å². The monoisotopic (exact) mass is 240 g/mol. The van der Waals surface area contributed by atoms with E-state index in [4.69, 9.17) is 11.5 Å². The minimum atomic E-state index is 0.179. The van der Waals surface area contributed by atoms with Gasteiger partial charge in [0, 0.05) is 0 Å². The molecule has 94 valence electrons. The number of rotatable bonds is 1. The van der Waals surface area contributed by atoms with Crippen molar-refractivity contribution < 1.29 is 0 Å². The Hall–Kier alpha value is -1.96. The molecule has 0 aliphatic carbocycles. The minimum Gasteiger partial charge on any atom is -0.397 e. The van der Waals surface area contributed by atoms with Gasteiger partial charge in [0.15, 0.2) is 0 Å². The van der Waals surface area contributed by atoms with E-state index < -0.39 is 0 Å². The van der Waals surface area contributed by atoms with E-state index in [0.717, 1.165) is 11.1 Å². The fourth-order valence-corrected chi connectivity index (χ4v) is 1.92. The van der Waals surface area contributed by atoms with E-state index in [0.29, 0.717) is 11.4 Å². The molecule has 2 aromatic carbocycles. The number of hydrogen-bond donors (Lipinski definition) is 2. The first-order chi connectivity index (χ1) is 8.38. The van der Waals surface area contributed by atoms with E-state index in [1.807, 2.05) is 18.2 Å². The van der Waals surface area contributed by atoms with Crippen LogP contribution in [0.4, 0.5) is 11.4 Å². The standard InChI is InChI=1S/C16H20N2/c1-16(2,3)13-7-4-11(5-8-13)12-6-9-14(17)15(18)10-12/h4-10H,17-18H2,1-3H3. The molecule has 0 saturated heterocycles. The Balaban J connectivity index is 2.37. The van der Waals surface area contributed by atoms with Crippen molar-refractivity contribution in [1.82, 2.24) is 0 Å². The van der Waals surface area contributed by atoms with Crippen molar-refractivity contribution >= 4 is 11.4 Å². The maximum Gasteiger partial charge on any atom is 0.0554 e. The van der Waals surface area contributed by atoms with Crippen molar-refractivity contribution in [3.63, 3.8) is 0 Å². The van der Waals surface area contributed by atoms with E-state index in [-0.39, 0.29) is 5.41 Å². The average molecular weight is 240 g/mol. The van der Waals surface area contributed by atoms with Crippen LogP contribution in [0.2, 0.25) is 0 Å². The Morgan fingerprint density at radius 1 is 0.722 bits per heavy atom. The van der Waals surface area contributed by atoms with Gasteiger partial charge in [-0.15, -0.1) is 0 Å². The average Bonchev–Trinajstić information content (AvgIpc) is 2.32. The van der Waals surface area contributed by atoms with Crippen LogP contribution in [0.25, 0.3) is 11.1 Å². The third kappa shape index (κ3) is 2.48. The van der Waals surface area contributed by atoms with Crippen LogP contribution in [0.15, 0.2) is 42.5 Å². The van der Waals surface area contributed by atoms with Crippen LogP contribution in [0.1, 0.15) is 26.3 Å². The lowest BCUT2D eigenvalue weighted by molar-refractivity contribution is 0.590. The highest BCUT2D eigenvalue weighted by Crippen LogP contribution is 2.28. The predicted molar refractivity (Wildman–Crippen MR) is 79.4 cm³/mol. The van der Waals surface area contributed by atoms with E-state index >= 15 is 0 Å². The Morgan fingerprint density at radius 2 is 1.28 bits per heavy atom. The van der Waals surface area contributed by atoms with Crippen LogP contribution in [0.5, 0.6) is 0 Å². The number of hydrogen-bond acceptors (Lipinski definition) is 2. The van der Waals surface area contributed by atoms with Gasteiger partial charge in [0.2, 0.25) is 0 Å². The van der Waals surface area contributed by atoms with Gasteiger partial charge in [-0.05, 0) is 34.2 Å². The topological polar surface area (TPSA) is 52.0 Å². The molecule has 18 heavy (non-hydrogen) atoms. The third-order valence-electron chi connectivity index (χ3n) is 3.17. The summed E-state index contributed by atoms with van der Waals surface area (Å²) in [5.41, 5.74) is 16.6. The molecule has 2 nitrogen and oxygen atoms in total. The molecule has 0 fully saturated rings. The second-order valence-corrected chi connectivity index (χ2v) is 5.67. The van der Waals surface area contributed by atoms with Crippen molar-refractivity contribution in [3.8, 4) is 11.1 Å². The fourth-order valence-electron chi connectivity index (χ4n) is 1.92. The van der Waals surface area contributed by atoms with Crippen LogP contribution in [0.3, 0.4) is 0 Å². The van der Waals surface area contributed by atoms with Gasteiger partial charge in [-0.3, -0.25) is 0 Å². The lowest BCUT2D eigenvalue weighted by Gasteiger charge is -2.19. The molecule has 0 saturated carbocycles. The molecule has 0 unspecified atom stereocenters. The Morgan fingerprint density at radius 3 is 1.78 bits per heavy atom. The van der Waals surface area contributed by atoms with E-state index in [2.05, 4.69) is 45.0 Å². The molecule has 0 radical (unpaired) electrons. The van der Waals surface area contributed by atoms with Crippen LogP contribution < -0.4 is 11.5 Å². The maximum absolute atomic E-state index is 5.83. The van der Waals surface area contributed by atoms with Gasteiger partial charge in [-0.1, -0.05) is 51.1 Å². The zero-order valence-corrected chi connectivity index (χ0v) is 11.2. The third-order valence-corrected chi connectivity index (χ3v) is 3.17. The smallest absolute Gasteiger partial charge is 0.0554 e. The highest BCUT2D eigenvalue weighted by atomic mass is 14.7. The van der Waals surface area contributed by atoms with Gasteiger partial charge in [-0.25, -0.2) is 0 Å². The van der Waals surface area contributed by atoms with Gasteiger partial charge in [0.25, 0.3) is 0 Å². The predicted octanol–water partition coefficient (Wildman–Crippen LogP) is 3.82. The summed E-state index contributed by atoms with van der Waals surface area (Å²) in [5, 5.41) is 0. The van der Waals surface area contributed by atoms with Gasteiger partial charge in [-0.2, -0.15) is 0 Å². The number of nitrogen functional groups attached to an aromatic ring is 2. The number of benzene rings is 2. The van der Waals surface area contributed by atoms with E-state index in [9.17, 15) is 0 Å². The first kappa shape index (κ1) is 12.5. The summed E-state index contributed by atoms with van der Waals surface area (Å²) >= 11 is 0. The largest absolute Gasteiger partial charge is 0.397 e. The zero-order valence-electron chi connectivity index (χ0n) is 11.2. The van der Waals surface area contributed by atoms with Gasteiger partial charge < -0.3 is 11.5 Å². The molecule has 0 bridgehead atoms. The van der Waals surface area contributed by atoms with Gasteiger partial charge in [0.1, 0.15) is 0 Å². The lowest BCUT2D eigenvalue weighted by atomic mass is 9.86. The molecule has 2 heteroatoms. The molecule has 0 atom stereocenters. The summed E-state index contributed by atoms with van der Waals surface area (Å²) < 4.78 is 0. The first-order valence-corrected chi connectivity index (χ1v) is 6.14. The minimum absolute atomic E-state index is 0.179. The molecule has 4 N–H and O–H groups in total. The molecule has 0 aromatic heterocycles. The maximum atomic E-state index is 5.83. The van der Waals surface area contributed by atoms with Gasteiger partial charge in [0.05, 0.1) is 11.4 Å². The molecular weight excluding hydrogens is 220 g/mol. The summed E-state index contributed by atoms with van der Waals surface area (Å²) in [6, 6.07) is 14.4. The van der Waals surface area contributed by atoms with Crippen molar-refractivity contribution in [2.75, 3.05) is 11.5 Å². The summed E-state index contributed by atoms with van der Waals surface area (Å²) in [7, 11) is 0. The first-order valence-electron chi connectivity index (χ1n) is 6.14. The number of nitrogens with two attached hydrogens (primary N) is 2. The normalized spacial score (nSPS) is 11.5. The molecule has 0 spiro atoms. The Labute approximate surface area is 109 Å². The molecule has 2 aromatic rings. The van der Waals surface area contributed by atoms with Gasteiger partial charge >= 0.3 is 0 Å². The molecule has 0 aliphatic rings. The second-order valence-electron chi connectivity index (χ2n) is 5.67. The second kappa shape index (κ2) is 4.37. The zero-order chi connectivity index (χ0) is 13.3. The van der Waals surface area contributed by atoms with E-state index in [1.165, 1.54) is 5.56 Å². The van der Waals surface area contributed by atoms with Crippen LogP contribution in [0, 0.1) is 0 Å². The van der Waals surface area contributed by atoms with Crippen LogP contribution in [-0.4, -0.2) is 0 Å².